The van der Waals surface area contributed by atoms with Crippen molar-refractivity contribution >= 4 is 101 Å². The summed E-state index contributed by atoms with van der Waals surface area (Å²) in [5.41, 5.74) is 32.2. The Hall–Kier alpha value is -8.00. The number of primary amides is 2. The summed E-state index contributed by atoms with van der Waals surface area (Å²) in [6, 6.07) is -11.0. The van der Waals surface area contributed by atoms with E-state index >= 15 is 0 Å². The second-order valence-electron chi connectivity index (χ2n) is 15.9. The number of guanidine groups is 2. The fourth-order valence-corrected chi connectivity index (χ4v) is 6.69. The van der Waals surface area contributed by atoms with Crippen LogP contribution in [0, 0.1) is 0 Å². The first-order valence-corrected chi connectivity index (χ1v) is 23.7. The fourth-order valence-electron chi connectivity index (χ4n) is 6.22. The van der Waals surface area contributed by atoms with Crippen molar-refractivity contribution in [1.82, 2.24) is 42.5 Å². The van der Waals surface area contributed by atoms with Crippen LogP contribution in [0.3, 0.4) is 0 Å². The zero-order chi connectivity index (χ0) is 55.8. The Morgan fingerprint density at radius 2 is 0.836 bits per heavy atom. The summed E-state index contributed by atoms with van der Waals surface area (Å²) < 4.78 is 0. The van der Waals surface area contributed by atoms with E-state index in [0.717, 1.165) is 6.92 Å². The van der Waals surface area contributed by atoms with Crippen molar-refractivity contribution in [3.8, 4) is 0 Å². The minimum atomic E-state index is -1.67. The third-order valence-electron chi connectivity index (χ3n) is 9.81. The van der Waals surface area contributed by atoms with E-state index in [1.54, 1.807) is 6.26 Å². The van der Waals surface area contributed by atoms with E-state index in [1.165, 1.54) is 11.8 Å². The number of nitrogens with one attached hydrogen (secondary N) is 8. The largest absolute Gasteiger partial charge is 0.481 e. The number of aliphatic imine (C=N–C) groups is 2. The first-order valence-electron chi connectivity index (χ1n) is 22.4. The lowest BCUT2D eigenvalue weighted by molar-refractivity contribution is -0.140. The third-order valence-corrected chi connectivity index (χ3v) is 10.5. The van der Waals surface area contributed by atoms with Crippen LogP contribution in [0.25, 0.3) is 0 Å². The molecule has 0 spiro atoms. The van der Waals surface area contributed by atoms with E-state index in [-0.39, 0.29) is 62.9 Å². The second-order valence-corrected chi connectivity index (χ2v) is 16.9. The zero-order valence-electron chi connectivity index (χ0n) is 40.3. The van der Waals surface area contributed by atoms with Gasteiger partial charge in [0, 0.05) is 39.3 Å². The number of carboxylic acids is 3. The van der Waals surface area contributed by atoms with Crippen molar-refractivity contribution in [2.24, 2.45) is 44.4 Å². The number of thioether (sulfide) groups is 1. The predicted octanol–water partition coefficient (Wildman–Crippen LogP) is -7.67. The maximum atomic E-state index is 14.1. The average Bonchev–Trinajstić information content (AvgIpc) is 3.28. The van der Waals surface area contributed by atoms with E-state index in [2.05, 4.69) is 52.5 Å². The van der Waals surface area contributed by atoms with Gasteiger partial charge in [0.1, 0.15) is 42.3 Å². The Labute approximate surface area is 422 Å². The normalized spacial score (nSPS) is 13.5. The first-order chi connectivity index (χ1) is 34.2. The molecule has 0 unspecified atom stereocenters. The Kier molecular flexibility index (Phi) is 31.3. The van der Waals surface area contributed by atoms with Crippen molar-refractivity contribution < 1.29 is 77.6 Å². The van der Waals surface area contributed by atoms with Gasteiger partial charge in [-0.25, -0.2) is 0 Å². The molecule has 33 heteroatoms. The second kappa shape index (κ2) is 35.2. The van der Waals surface area contributed by atoms with E-state index in [1.807, 2.05) is 0 Å². The Balaban J connectivity index is 6.84. The van der Waals surface area contributed by atoms with E-state index in [0.29, 0.717) is 0 Å². The Morgan fingerprint density at radius 1 is 0.466 bits per heavy atom. The molecular weight excluding hydrogens is 993 g/mol. The van der Waals surface area contributed by atoms with Gasteiger partial charge in [0.05, 0.1) is 13.0 Å². The number of hydrogen-bond donors (Lipinski definition) is 17. The smallest absolute Gasteiger partial charge is 0.305 e. The van der Waals surface area contributed by atoms with Crippen molar-refractivity contribution in [1.29, 1.82) is 0 Å². The molecule has 0 aromatic heterocycles. The Bertz CT molecular complexity index is 2040. The maximum absolute atomic E-state index is 14.1. The highest BCUT2D eigenvalue weighted by atomic mass is 32.2. The van der Waals surface area contributed by atoms with Gasteiger partial charge in [-0.05, 0) is 63.4 Å². The lowest BCUT2D eigenvalue weighted by Crippen LogP contribution is -2.60. The molecule has 7 atom stereocenters. The van der Waals surface area contributed by atoms with Crippen LogP contribution >= 0.6 is 11.8 Å². The number of carbonyl (C=O) groups is 13. The van der Waals surface area contributed by atoms with Crippen LogP contribution in [0.5, 0.6) is 0 Å². The maximum Gasteiger partial charge on any atom is 0.305 e. The van der Waals surface area contributed by atoms with Crippen LogP contribution in [0.15, 0.2) is 9.98 Å². The number of nitrogens with two attached hydrogens (primary N) is 6. The molecule has 0 aliphatic rings. The molecule has 0 heterocycles. The molecule has 0 radical (unpaired) electrons. The molecule has 10 amide bonds. The van der Waals surface area contributed by atoms with E-state index < -0.39 is 171 Å². The minimum Gasteiger partial charge on any atom is -0.481 e. The molecule has 0 aliphatic heterocycles. The summed E-state index contributed by atoms with van der Waals surface area (Å²) >= 11 is 1.23. The number of rotatable bonds is 38. The molecule has 32 nitrogen and oxygen atoms in total. The van der Waals surface area contributed by atoms with Crippen LogP contribution in [0.1, 0.15) is 84.0 Å². The summed E-state index contributed by atoms with van der Waals surface area (Å²) in [7, 11) is 0. The molecule has 0 rings (SSSR count). The summed E-state index contributed by atoms with van der Waals surface area (Å²) in [4.78, 5) is 172. The van der Waals surface area contributed by atoms with Crippen molar-refractivity contribution in [3.05, 3.63) is 0 Å². The number of hydrogen-bond acceptors (Lipinski definition) is 16. The number of aliphatic carboxylic acids is 3. The van der Waals surface area contributed by atoms with E-state index in [9.17, 15) is 67.4 Å². The molecule has 0 saturated heterocycles. The van der Waals surface area contributed by atoms with Gasteiger partial charge in [0.25, 0.3) is 0 Å². The third kappa shape index (κ3) is 30.4. The standard InChI is InChI=1S/C40H68N16O16S/c1-19(57)50-22(8-11-29(60)61)35(69)55-24(9-12-30(62)63)37(71)56-25(13-16-73-2)38(72)54-23(7-10-27(41)58)36(70)53-21(6-4-15-48-40(45)46)34(68)52-20(5-3-14-47-39(43)44)33(67)49-18-28(59)51-26(32(42)66)17-31(64)65/h20-26H,3-18H2,1-2H3,(H2,41,58)(H2,42,66)(H,49,67)(H,50,57)(H,51,59)(H,52,68)(H,53,70)(H,54,72)(H,55,69)(H,56,71)(H,60,61)(H,62,63)(H,64,65)(H4,43,44,47)(H4,45,46,48)/t20-,21-,22-,23-,24-,25-,26-/m0/s1. The van der Waals surface area contributed by atoms with Crippen LogP contribution in [-0.4, -0.2) is 178 Å². The Morgan fingerprint density at radius 3 is 1.18 bits per heavy atom. The molecule has 0 aromatic rings. The molecule has 0 fully saturated rings. The van der Waals surface area contributed by atoms with Crippen LogP contribution < -0.4 is 76.9 Å². The van der Waals surface area contributed by atoms with Gasteiger partial charge in [-0.3, -0.25) is 72.3 Å². The van der Waals surface area contributed by atoms with Crippen LogP contribution in [0.2, 0.25) is 0 Å². The number of amides is 10. The topological polar surface area (TPSA) is 560 Å². The predicted molar refractivity (Wildman–Crippen MR) is 259 cm³/mol. The zero-order valence-corrected chi connectivity index (χ0v) is 41.1. The van der Waals surface area contributed by atoms with Crippen LogP contribution in [0.4, 0.5) is 0 Å². The molecular formula is C40H68N16O16S. The quantitative estimate of drug-likeness (QED) is 0.0155. The lowest BCUT2D eigenvalue weighted by atomic mass is 10.0. The molecule has 0 bridgehead atoms. The molecule has 0 aromatic carbocycles. The number of carboxylic acid groups (broad SMARTS) is 3. The lowest BCUT2D eigenvalue weighted by Gasteiger charge is -2.27. The first kappa shape index (κ1) is 65.0. The van der Waals surface area contributed by atoms with Gasteiger partial charge in [0.15, 0.2) is 11.9 Å². The van der Waals surface area contributed by atoms with Gasteiger partial charge >= 0.3 is 17.9 Å². The molecule has 0 aliphatic carbocycles. The molecule has 73 heavy (non-hydrogen) atoms. The molecule has 23 N–H and O–H groups in total. The highest BCUT2D eigenvalue weighted by Crippen LogP contribution is 2.10. The molecule has 0 saturated carbocycles. The average molecular weight is 1060 g/mol. The SMILES string of the molecule is CSCC[C@H](NC(=O)[C@H](CCC(=O)O)NC(=O)[C@H](CCC(=O)O)NC(C)=O)C(=O)N[C@@H](CCC(N)=O)C(=O)N[C@@H](CCCN=C(N)N)C(=O)N[C@@H](CCCN=C(N)N)C(=O)NCC(=O)N[C@@H](CC(=O)O)C(N)=O. The van der Waals surface area contributed by atoms with Gasteiger partial charge in [-0.15, -0.1) is 0 Å². The monoisotopic (exact) mass is 1060 g/mol. The molecule has 410 valence electrons. The summed E-state index contributed by atoms with van der Waals surface area (Å²) in [6.45, 7) is 0.112. The summed E-state index contributed by atoms with van der Waals surface area (Å²) in [5, 5.41) is 46.2. The number of carbonyl (C=O) groups excluding carboxylic acids is 10. The van der Waals surface area contributed by atoms with Crippen molar-refractivity contribution in [2.75, 3.05) is 31.6 Å². The highest BCUT2D eigenvalue weighted by molar-refractivity contribution is 7.98. The van der Waals surface area contributed by atoms with Crippen LogP contribution in [-0.2, 0) is 62.3 Å². The van der Waals surface area contributed by atoms with Gasteiger partial charge in [0.2, 0.25) is 59.1 Å². The van der Waals surface area contributed by atoms with Crippen molar-refractivity contribution in [3.63, 3.8) is 0 Å². The van der Waals surface area contributed by atoms with Gasteiger partial charge < -0.3 is 92.3 Å². The summed E-state index contributed by atoms with van der Waals surface area (Å²) in [6.07, 6.45) is -2.86. The number of nitrogens with zero attached hydrogens (tertiary/aromatic N) is 2. The van der Waals surface area contributed by atoms with Gasteiger partial charge in [-0.1, -0.05) is 0 Å². The minimum absolute atomic E-state index is 0.0149. The van der Waals surface area contributed by atoms with E-state index in [4.69, 9.17) is 44.6 Å². The van der Waals surface area contributed by atoms with Crippen molar-refractivity contribution in [2.45, 2.75) is 126 Å². The summed E-state index contributed by atoms with van der Waals surface area (Å²) in [5.74, 6) is -14.6. The highest BCUT2D eigenvalue weighted by Gasteiger charge is 2.34. The van der Waals surface area contributed by atoms with Gasteiger partial charge in [-0.2, -0.15) is 11.8 Å². The fraction of sp³-hybridized carbons (Fsp3) is 0.625.